The van der Waals surface area contributed by atoms with Crippen LogP contribution in [0, 0.1) is 46.3 Å². The van der Waals surface area contributed by atoms with Gasteiger partial charge >= 0.3 is 18.0 Å². The zero-order valence-corrected chi connectivity index (χ0v) is 41.8. The zero-order chi connectivity index (χ0) is 47.5. The minimum atomic E-state index is -0.265. The van der Waals surface area contributed by atoms with Crippen LogP contribution in [-0.4, -0.2) is 169 Å². The van der Waals surface area contributed by atoms with Crippen LogP contribution in [0.3, 0.4) is 0 Å². The summed E-state index contributed by atoms with van der Waals surface area (Å²) < 4.78 is 49.5. The van der Waals surface area contributed by atoms with Crippen LogP contribution in [0.5, 0.6) is 0 Å². The quantitative estimate of drug-likeness (QED) is 0.0374. The van der Waals surface area contributed by atoms with Crippen molar-refractivity contribution in [2.24, 2.45) is 46.3 Å². The number of carbonyl (C=O) groups excluding carboxylic acids is 3. The minimum Gasteiger partial charge on any atom is -0.463 e. The Morgan fingerprint density at radius 1 is 0.657 bits per heavy atom. The standard InChI is InChI=1S/C50H86N2O14S/c1-35(38-9-10-39-46-40(13-15-50(38,39)3)49(2)14-12-37(53)32-36(49)33-42(46)54)8-11-45(56)66-31-29-64-27-25-62-23-21-60-19-17-58-16-18-59-20-22-61-24-26-63-28-30-65-44(55)7-5-4-6-43-47-41(34-67-43)51-48(57)52-47/h35-43,46-47,53-54H,4-34H2,1-3H3,(H2,51,52,57)/t35-,36+,37-,38-,39+,40+,41+,42+,43+,46+,47+,49+,50-/m1/s1. The highest BCUT2D eigenvalue weighted by Gasteiger charge is 2.63. The topological polar surface area (TPSA) is 199 Å². The van der Waals surface area contributed by atoms with E-state index < -0.39 is 0 Å². The number of rotatable bonds is 33. The number of hydrogen-bond acceptors (Lipinski definition) is 15. The maximum absolute atomic E-state index is 12.6. The molecule has 0 radical (unpaired) electrons. The van der Waals surface area contributed by atoms with Crippen molar-refractivity contribution in [2.75, 3.05) is 111 Å². The molecule has 4 saturated carbocycles. The Morgan fingerprint density at radius 3 is 1.76 bits per heavy atom. The second kappa shape index (κ2) is 28.3. The number of esters is 2. The van der Waals surface area contributed by atoms with Crippen molar-refractivity contribution < 1.29 is 67.2 Å². The van der Waals surface area contributed by atoms with Crippen molar-refractivity contribution in [1.29, 1.82) is 0 Å². The Morgan fingerprint density at radius 2 is 1.18 bits per heavy atom. The molecule has 2 saturated heterocycles. The molecule has 6 aliphatic rings. The third-order valence-corrected chi connectivity index (χ3v) is 18.0. The molecule has 0 aromatic rings. The summed E-state index contributed by atoms with van der Waals surface area (Å²) in [5.41, 5.74) is 0.440. The number of nitrogens with one attached hydrogen (secondary N) is 2. The highest BCUT2D eigenvalue weighted by Crippen LogP contribution is 2.68. The number of carbonyl (C=O) groups is 3. The van der Waals surface area contributed by atoms with Crippen molar-refractivity contribution in [3.05, 3.63) is 0 Å². The lowest BCUT2D eigenvalue weighted by Gasteiger charge is -2.62. The molecule has 0 aromatic carbocycles. The smallest absolute Gasteiger partial charge is 0.315 e. The van der Waals surface area contributed by atoms with E-state index in [4.69, 9.17) is 42.6 Å². The lowest BCUT2D eigenvalue weighted by molar-refractivity contribution is -0.174. The van der Waals surface area contributed by atoms with Crippen LogP contribution in [0.25, 0.3) is 0 Å². The molecule has 4 aliphatic carbocycles. The maximum atomic E-state index is 12.6. The second-order valence-electron chi connectivity index (χ2n) is 20.6. The lowest BCUT2D eigenvalue weighted by Crippen LogP contribution is -2.58. The first kappa shape index (κ1) is 54.5. The van der Waals surface area contributed by atoms with Crippen LogP contribution in [0.2, 0.25) is 0 Å². The summed E-state index contributed by atoms with van der Waals surface area (Å²) in [6, 6.07) is 0.357. The fraction of sp³-hybridized carbons (Fsp3) is 0.940. The SMILES string of the molecule is C[C@H](CCC(=O)OCCOCCOCCOCCOCCOCCOCCOCCOC(=O)CCCC[C@@H]1SC[C@@H]2NC(=O)N[C@@H]21)[C@H]1CC[C@H]2[C@@H]3[C@@H](O)C[C@@H]4C[C@H](O)CC[C@]4(C)[C@H]3CC[C@]12C. The Hall–Kier alpha value is -1.80. The van der Waals surface area contributed by atoms with Crippen molar-refractivity contribution in [2.45, 2.75) is 140 Å². The highest BCUT2D eigenvalue weighted by atomic mass is 32.2. The van der Waals surface area contributed by atoms with Crippen LogP contribution in [0.15, 0.2) is 0 Å². The van der Waals surface area contributed by atoms with Crippen molar-refractivity contribution in [3.8, 4) is 0 Å². The Kier molecular flexibility index (Phi) is 23.0. The van der Waals surface area contributed by atoms with Gasteiger partial charge in [0.05, 0.1) is 117 Å². The van der Waals surface area contributed by atoms with Gasteiger partial charge < -0.3 is 63.5 Å². The van der Waals surface area contributed by atoms with Crippen molar-refractivity contribution >= 4 is 29.7 Å². The first-order valence-corrected chi connectivity index (χ1v) is 26.9. The average Bonchev–Trinajstić information content (AvgIpc) is 3.99. The maximum Gasteiger partial charge on any atom is 0.315 e. The van der Waals surface area contributed by atoms with Gasteiger partial charge in [-0.05, 0) is 117 Å². The van der Waals surface area contributed by atoms with E-state index in [0.29, 0.717) is 146 Å². The van der Waals surface area contributed by atoms with Gasteiger partial charge in [-0.15, -0.1) is 0 Å². The van der Waals surface area contributed by atoms with Gasteiger partial charge in [0.1, 0.15) is 13.2 Å². The second-order valence-corrected chi connectivity index (χ2v) is 21.8. The molecule has 386 valence electrons. The van der Waals surface area contributed by atoms with E-state index >= 15 is 0 Å². The lowest BCUT2D eigenvalue weighted by atomic mass is 9.43. The molecule has 2 amide bonds. The summed E-state index contributed by atoms with van der Waals surface area (Å²) in [4.78, 5) is 36.1. The van der Waals surface area contributed by atoms with Crippen LogP contribution in [-0.2, 0) is 52.2 Å². The minimum absolute atomic E-state index is 0.0727. The van der Waals surface area contributed by atoms with E-state index in [1.54, 1.807) is 0 Å². The zero-order valence-electron chi connectivity index (χ0n) is 41.0. The number of ether oxygens (including phenoxy) is 9. The molecule has 6 fully saturated rings. The third-order valence-electron chi connectivity index (χ3n) is 16.5. The molecule has 0 bridgehead atoms. The Balaban J connectivity index is 0.640. The molecule has 0 spiro atoms. The van der Waals surface area contributed by atoms with E-state index in [1.165, 1.54) is 25.7 Å². The normalized spacial score (nSPS) is 33.5. The number of fused-ring (bicyclic) bond motifs is 6. The van der Waals surface area contributed by atoms with Gasteiger partial charge in [-0.1, -0.05) is 27.2 Å². The van der Waals surface area contributed by atoms with Crippen LogP contribution in [0.4, 0.5) is 4.79 Å². The van der Waals surface area contributed by atoms with Crippen molar-refractivity contribution in [3.63, 3.8) is 0 Å². The fourth-order valence-electron chi connectivity index (χ4n) is 13.0. The molecule has 17 heteroatoms. The third kappa shape index (κ3) is 16.1. The number of urea groups is 1. The number of unbranched alkanes of at least 4 members (excludes halogenated alkanes) is 1. The first-order chi connectivity index (χ1) is 32.5. The van der Waals surface area contributed by atoms with E-state index in [-0.39, 0.29) is 66.3 Å². The van der Waals surface area contributed by atoms with Gasteiger partial charge in [0.25, 0.3) is 0 Å². The summed E-state index contributed by atoms with van der Waals surface area (Å²) in [5.74, 6) is 3.42. The van der Waals surface area contributed by atoms with E-state index in [9.17, 15) is 24.6 Å². The molecule has 16 nitrogen and oxygen atoms in total. The summed E-state index contributed by atoms with van der Waals surface area (Å²) >= 11 is 1.89. The number of amides is 2. The predicted octanol–water partition coefficient (Wildman–Crippen LogP) is 5.32. The molecule has 2 heterocycles. The predicted molar refractivity (Wildman–Crippen MR) is 253 cm³/mol. The van der Waals surface area contributed by atoms with Gasteiger partial charge in [0, 0.05) is 23.8 Å². The number of aliphatic hydroxyl groups excluding tert-OH is 2. The monoisotopic (exact) mass is 971 g/mol. The average molecular weight is 971 g/mol. The van der Waals surface area contributed by atoms with Crippen LogP contribution < -0.4 is 10.6 Å². The number of hydrogen-bond donors (Lipinski definition) is 4. The molecule has 0 unspecified atom stereocenters. The molecular formula is C50H86N2O14S. The molecule has 67 heavy (non-hydrogen) atoms. The molecule has 6 rings (SSSR count). The van der Waals surface area contributed by atoms with Gasteiger partial charge in [-0.2, -0.15) is 11.8 Å². The molecule has 2 aliphatic heterocycles. The molecule has 13 atom stereocenters. The fourth-order valence-corrected chi connectivity index (χ4v) is 14.5. The summed E-state index contributed by atoms with van der Waals surface area (Å²) in [5, 5.41) is 28.3. The van der Waals surface area contributed by atoms with Gasteiger partial charge in [-0.3, -0.25) is 9.59 Å². The van der Waals surface area contributed by atoms with Gasteiger partial charge in [-0.25, -0.2) is 4.79 Å². The number of thioether (sulfide) groups is 1. The Bertz CT molecular complexity index is 1480. The molecular weight excluding hydrogens is 885 g/mol. The number of aliphatic hydroxyl groups is 2. The van der Waals surface area contributed by atoms with Crippen LogP contribution >= 0.6 is 11.8 Å². The van der Waals surface area contributed by atoms with E-state index in [2.05, 4.69) is 31.4 Å². The summed E-state index contributed by atoms with van der Waals surface area (Å²) in [7, 11) is 0. The summed E-state index contributed by atoms with van der Waals surface area (Å²) in [6.45, 7) is 13.8. The molecule has 4 N–H and O–H groups in total. The van der Waals surface area contributed by atoms with E-state index in [1.807, 2.05) is 11.8 Å². The van der Waals surface area contributed by atoms with Crippen molar-refractivity contribution in [1.82, 2.24) is 10.6 Å². The van der Waals surface area contributed by atoms with E-state index in [0.717, 1.165) is 57.1 Å². The first-order valence-electron chi connectivity index (χ1n) is 25.9. The van der Waals surface area contributed by atoms with Crippen LogP contribution in [0.1, 0.15) is 111 Å². The van der Waals surface area contributed by atoms with Gasteiger partial charge in [0.2, 0.25) is 0 Å². The molecule has 0 aromatic heterocycles. The van der Waals surface area contributed by atoms with Gasteiger partial charge in [0.15, 0.2) is 0 Å². The largest absolute Gasteiger partial charge is 0.463 e. The Labute approximate surface area is 404 Å². The summed E-state index contributed by atoms with van der Waals surface area (Å²) in [6.07, 6.45) is 12.2. The highest BCUT2D eigenvalue weighted by molar-refractivity contribution is 8.00.